The highest BCUT2D eigenvalue weighted by atomic mass is 35.5. The van der Waals surface area contributed by atoms with E-state index in [1.165, 1.54) is 18.2 Å². The van der Waals surface area contributed by atoms with Crippen LogP contribution in [0.4, 0.5) is 15.8 Å². The van der Waals surface area contributed by atoms with Crippen LogP contribution in [-0.4, -0.2) is 5.91 Å². The molecular formula is C13H10ClFN2O. The van der Waals surface area contributed by atoms with Gasteiger partial charge in [0.25, 0.3) is 5.91 Å². The molecule has 2 aromatic carbocycles. The van der Waals surface area contributed by atoms with Gasteiger partial charge >= 0.3 is 0 Å². The molecule has 2 rings (SSSR count). The topological polar surface area (TPSA) is 55.1 Å². The first-order chi connectivity index (χ1) is 8.56. The summed E-state index contributed by atoms with van der Waals surface area (Å²) in [7, 11) is 0. The molecule has 0 radical (unpaired) electrons. The summed E-state index contributed by atoms with van der Waals surface area (Å²) in [5.41, 5.74) is 6.55. The zero-order valence-electron chi connectivity index (χ0n) is 9.28. The largest absolute Gasteiger partial charge is 0.397 e. The summed E-state index contributed by atoms with van der Waals surface area (Å²) >= 11 is 5.78. The lowest BCUT2D eigenvalue weighted by Gasteiger charge is -2.08. The fourth-order valence-corrected chi connectivity index (χ4v) is 1.65. The average molecular weight is 265 g/mol. The van der Waals surface area contributed by atoms with Crippen molar-refractivity contribution >= 4 is 28.9 Å². The standard InChI is InChI=1S/C13H10ClFN2O/c14-9-3-1-2-8(6-9)13(18)17-12-7-10(15)4-5-11(12)16/h1-7H,16H2,(H,17,18). The third-order valence-corrected chi connectivity index (χ3v) is 2.59. The highest BCUT2D eigenvalue weighted by molar-refractivity contribution is 6.31. The van der Waals surface area contributed by atoms with Gasteiger partial charge in [-0.3, -0.25) is 4.79 Å². The second kappa shape index (κ2) is 5.06. The highest BCUT2D eigenvalue weighted by Crippen LogP contribution is 2.20. The van der Waals surface area contributed by atoms with Crippen LogP contribution >= 0.6 is 11.6 Å². The minimum absolute atomic E-state index is 0.236. The van der Waals surface area contributed by atoms with E-state index in [1.807, 2.05) is 0 Å². The molecule has 3 N–H and O–H groups in total. The summed E-state index contributed by atoms with van der Waals surface area (Å²) in [6.07, 6.45) is 0. The normalized spacial score (nSPS) is 10.1. The van der Waals surface area contributed by atoms with Crippen molar-refractivity contribution < 1.29 is 9.18 Å². The first-order valence-electron chi connectivity index (χ1n) is 5.18. The van der Waals surface area contributed by atoms with Crippen molar-refractivity contribution in [2.24, 2.45) is 0 Å². The van der Waals surface area contributed by atoms with Crippen LogP contribution in [0.1, 0.15) is 10.4 Å². The van der Waals surface area contributed by atoms with E-state index in [0.29, 0.717) is 16.3 Å². The number of nitrogens with one attached hydrogen (secondary N) is 1. The van der Waals surface area contributed by atoms with Crippen LogP contribution in [0.15, 0.2) is 42.5 Å². The lowest BCUT2D eigenvalue weighted by Crippen LogP contribution is -2.13. The molecule has 0 saturated carbocycles. The van der Waals surface area contributed by atoms with Gasteiger partial charge in [0.05, 0.1) is 11.4 Å². The van der Waals surface area contributed by atoms with Crippen molar-refractivity contribution in [1.82, 2.24) is 0 Å². The monoisotopic (exact) mass is 264 g/mol. The van der Waals surface area contributed by atoms with Crippen LogP contribution < -0.4 is 11.1 Å². The lowest BCUT2D eigenvalue weighted by atomic mass is 10.2. The van der Waals surface area contributed by atoms with Crippen LogP contribution in [-0.2, 0) is 0 Å². The number of rotatable bonds is 2. The molecule has 0 aromatic heterocycles. The fourth-order valence-electron chi connectivity index (χ4n) is 1.46. The van der Waals surface area contributed by atoms with Gasteiger partial charge in [-0.1, -0.05) is 17.7 Å². The van der Waals surface area contributed by atoms with Gasteiger partial charge in [-0.2, -0.15) is 0 Å². The molecule has 0 unspecified atom stereocenters. The maximum absolute atomic E-state index is 13.0. The Labute approximate surface area is 108 Å². The molecule has 5 heteroatoms. The third-order valence-electron chi connectivity index (χ3n) is 2.35. The van der Waals surface area contributed by atoms with Gasteiger partial charge < -0.3 is 11.1 Å². The zero-order chi connectivity index (χ0) is 13.1. The van der Waals surface area contributed by atoms with Crippen molar-refractivity contribution in [3.63, 3.8) is 0 Å². The SMILES string of the molecule is Nc1ccc(F)cc1NC(=O)c1cccc(Cl)c1. The minimum Gasteiger partial charge on any atom is -0.397 e. The van der Waals surface area contributed by atoms with Gasteiger partial charge in [-0.25, -0.2) is 4.39 Å². The van der Waals surface area contributed by atoms with Crippen LogP contribution in [0.3, 0.4) is 0 Å². The molecule has 0 spiro atoms. The first kappa shape index (κ1) is 12.4. The van der Waals surface area contributed by atoms with Crippen LogP contribution in [0, 0.1) is 5.82 Å². The van der Waals surface area contributed by atoms with Gasteiger partial charge in [0.1, 0.15) is 5.82 Å². The van der Waals surface area contributed by atoms with Crippen molar-refractivity contribution in [1.29, 1.82) is 0 Å². The molecule has 0 heterocycles. The fraction of sp³-hybridized carbons (Fsp3) is 0. The van der Waals surface area contributed by atoms with Gasteiger partial charge in [-0.15, -0.1) is 0 Å². The summed E-state index contributed by atoms with van der Waals surface area (Å²) in [6.45, 7) is 0. The van der Waals surface area contributed by atoms with E-state index in [2.05, 4.69) is 5.32 Å². The van der Waals surface area contributed by atoms with E-state index < -0.39 is 11.7 Å². The van der Waals surface area contributed by atoms with E-state index in [9.17, 15) is 9.18 Å². The third kappa shape index (κ3) is 2.78. The number of carbonyl (C=O) groups is 1. The zero-order valence-corrected chi connectivity index (χ0v) is 10.0. The Balaban J connectivity index is 2.24. The van der Waals surface area contributed by atoms with E-state index in [-0.39, 0.29) is 5.69 Å². The Kier molecular flexibility index (Phi) is 3.48. The molecule has 1 amide bonds. The molecule has 0 aliphatic rings. The molecule has 0 bridgehead atoms. The predicted molar refractivity (Wildman–Crippen MR) is 70.2 cm³/mol. The number of carbonyl (C=O) groups excluding carboxylic acids is 1. The molecule has 0 saturated heterocycles. The number of nitrogen functional groups attached to an aromatic ring is 1. The number of amides is 1. The van der Waals surface area contributed by atoms with E-state index >= 15 is 0 Å². The Bertz CT molecular complexity index is 601. The number of benzene rings is 2. The molecule has 0 aliphatic carbocycles. The molecule has 0 fully saturated rings. The summed E-state index contributed by atoms with van der Waals surface area (Å²) in [6, 6.07) is 10.2. The highest BCUT2D eigenvalue weighted by Gasteiger charge is 2.09. The summed E-state index contributed by atoms with van der Waals surface area (Å²) in [5, 5.41) is 2.99. The quantitative estimate of drug-likeness (QED) is 0.818. The smallest absolute Gasteiger partial charge is 0.255 e. The number of nitrogens with two attached hydrogens (primary N) is 1. The predicted octanol–water partition coefficient (Wildman–Crippen LogP) is 3.31. The Morgan fingerprint density at radius 3 is 2.72 bits per heavy atom. The van der Waals surface area contributed by atoms with Crippen LogP contribution in [0.2, 0.25) is 5.02 Å². The minimum atomic E-state index is -0.467. The maximum Gasteiger partial charge on any atom is 0.255 e. The van der Waals surface area contributed by atoms with Crippen molar-refractivity contribution in [3.05, 3.63) is 58.9 Å². The number of anilines is 2. The second-order valence-corrected chi connectivity index (χ2v) is 4.13. The maximum atomic E-state index is 13.0. The Morgan fingerprint density at radius 1 is 1.22 bits per heavy atom. The molecule has 92 valence electrons. The lowest BCUT2D eigenvalue weighted by molar-refractivity contribution is 0.102. The van der Waals surface area contributed by atoms with Gasteiger partial charge in [0.2, 0.25) is 0 Å². The summed E-state index contributed by atoms with van der Waals surface area (Å²) in [4.78, 5) is 11.9. The summed E-state index contributed by atoms with van der Waals surface area (Å²) < 4.78 is 13.0. The van der Waals surface area contributed by atoms with Crippen molar-refractivity contribution in [2.75, 3.05) is 11.1 Å². The van der Waals surface area contributed by atoms with Crippen molar-refractivity contribution in [2.45, 2.75) is 0 Å². The van der Waals surface area contributed by atoms with Crippen molar-refractivity contribution in [3.8, 4) is 0 Å². The number of hydrogen-bond acceptors (Lipinski definition) is 2. The molecule has 0 aliphatic heterocycles. The molecule has 18 heavy (non-hydrogen) atoms. The first-order valence-corrected chi connectivity index (χ1v) is 5.56. The Hall–Kier alpha value is -2.07. The van der Waals surface area contributed by atoms with E-state index in [4.69, 9.17) is 17.3 Å². The van der Waals surface area contributed by atoms with Crippen LogP contribution in [0.5, 0.6) is 0 Å². The summed E-state index contributed by atoms with van der Waals surface area (Å²) in [5.74, 6) is -0.861. The number of hydrogen-bond donors (Lipinski definition) is 2. The molecule has 2 aromatic rings. The average Bonchev–Trinajstić information content (AvgIpc) is 2.34. The van der Waals surface area contributed by atoms with E-state index in [1.54, 1.807) is 18.2 Å². The van der Waals surface area contributed by atoms with Gasteiger partial charge in [0, 0.05) is 10.6 Å². The Morgan fingerprint density at radius 2 is 2.00 bits per heavy atom. The van der Waals surface area contributed by atoms with E-state index in [0.717, 1.165) is 6.07 Å². The molecule has 0 atom stereocenters. The van der Waals surface area contributed by atoms with Gasteiger partial charge in [0.15, 0.2) is 0 Å². The number of halogens is 2. The molecule has 3 nitrogen and oxygen atoms in total. The van der Waals surface area contributed by atoms with Gasteiger partial charge in [-0.05, 0) is 36.4 Å². The second-order valence-electron chi connectivity index (χ2n) is 3.70. The van der Waals surface area contributed by atoms with Crippen LogP contribution in [0.25, 0.3) is 0 Å². The molecular weight excluding hydrogens is 255 g/mol.